The number of pyridine rings is 1. The van der Waals surface area contributed by atoms with Gasteiger partial charge in [-0.2, -0.15) is 0 Å². The van der Waals surface area contributed by atoms with Crippen LogP contribution in [0.15, 0.2) is 41.0 Å². The van der Waals surface area contributed by atoms with Crippen LogP contribution in [0.1, 0.15) is 16.1 Å². The topological polar surface area (TPSA) is 82.5 Å². The summed E-state index contributed by atoms with van der Waals surface area (Å²) in [6, 6.07) is 7.97. The summed E-state index contributed by atoms with van der Waals surface area (Å²) in [6.45, 7) is 0.417. The minimum atomic E-state index is -0.250. The van der Waals surface area contributed by atoms with Gasteiger partial charge in [-0.05, 0) is 52.2 Å². The van der Waals surface area contributed by atoms with Gasteiger partial charge in [0.1, 0.15) is 5.69 Å². The van der Waals surface area contributed by atoms with Gasteiger partial charge in [-0.3, -0.25) is 4.79 Å². The number of carbonyl (C=O) groups is 1. The van der Waals surface area contributed by atoms with Crippen LogP contribution in [-0.4, -0.2) is 27.6 Å². The second-order valence-corrected chi connectivity index (χ2v) is 5.11. The lowest BCUT2D eigenvalue weighted by molar-refractivity contribution is 0.0949. The molecule has 0 aliphatic carbocycles. The number of phenolic OH excluding ortho intramolecular Hbond substituents is 2. The number of aromatic nitrogens is 1. The third-order valence-electron chi connectivity index (χ3n) is 2.70. The first kappa shape index (κ1) is 14.3. The molecular weight excluding hydrogens is 324 g/mol. The van der Waals surface area contributed by atoms with E-state index < -0.39 is 0 Å². The number of benzene rings is 1. The Morgan fingerprint density at radius 1 is 1.20 bits per heavy atom. The number of hydrogen-bond acceptors (Lipinski definition) is 4. The zero-order valence-electron chi connectivity index (χ0n) is 10.5. The first-order chi connectivity index (χ1) is 9.56. The van der Waals surface area contributed by atoms with Crippen LogP contribution >= 0.6 is 15.9 Å². The maximum Gasteiger partial charge on any atom is 0.269 e. The summed E-state index contributed by atoms with van der Waals surface area (Å²) in [5, 5.41) is 21.3. The van der Waals surface area contributed by atoms with E-state index >= 15 is 0 Å². The lowest BCUT2D eigenvalue weighted by Gasteiger charge is -2.06. The minimum Gasteiger partial charge on any atom is -0.504 e. The van der Waals surface area contributed by atoms with Gasteiger partial charge < -0.3 is 15.5 Å². The van der Waals surface area contributed by atoms with Crippen molar-refractivity contribution in [1.29, 1.82) is 0 Å². The Kier molecular flexibility index (Phi) is 4.57. The Morgan fingerprint density at radius 2 is 2.00 bits per heavy atom. The lowest BCUT2D eigenvalue weighted by atomic mass is 10.1. The van der Waals surface area contributed by atoms with Gasteiger partial charge in [0.15, 0.2) is 11.5 Å². The molecule has 2 aromatic rings. The number of nitrogens with zero attached hydrogens (tertiary/aromatic N) is 1. The van der Waals surface area contributed by atoms with Crippen molar-refractivity contribution in [2.24, 2.45) is 0 Å². The molecule has 0 aliphatic heterocycles. The van der Waals surface area contributed by atoms with Gasteiger partial charge in [-0.1, -0.05) is 6.07 Å². The molecule has 0 fully saturated rings. The average molecular weight is 337 g/mol. The van der Waals surface area contributed by atoms with E-state index in [1.807, 2.05) is 0 Å². The van der Waals surface area contributed by atoms with Crippen LogP contribution in [0.2, 0.25) is 0 Å². The molecule has 0 aliphatic rings. The van der Waals surface area contributed by atoms with Crippen molar-refractivity contribution in [3.05, 3.63) is 52.3 Å². The van der Waals surface area contributed by atoms with Crippen molar-refractivity contribution in [3.8, 4) is 11.5 Å². The quantitative estimate of drug-likeness (QED) is 0.747. The van der Waals surface area contributed by atoms with Crippen molar-refractivity contribution in [2.75, 3.05) is 6.54 Å². The molecule has 0 unspecified atom stereocenters. The first-order valence-electron chi connectivity index (χ1n) is 5.97. The molecule has 104 valence electrons. The second-order valence-electron chi connectivity index (χ2n) is 4.19. The van der Waals surface area contributed by atoms with Gasteiger partial charge in [0, 0.05) is 17.2 Å². The molecule has 6 heteroatoms. The van der Waals surface area contributed by atoms with Gasteiger partial charge in [0.25, 0.3) is 5.91 Å². The molecule has 0 saturated carbocycles. The van der Waals surface area contributed by atoms with E-state index in [9.17, 15) is 15.0 Å². The molecule has 1 heterocycles. The van der Waals surface area contributed by atoms with Crippen molar-refractivity contribution in [1.82, 2.24) is 10.3 Å². The van der Waals surface area contributed by atoms with Crippen LogP contribution in [0, 0.1) is 0 Å². The van der Waals surface area contributed by atoms with E-state index in [1.54, 1.807) is 24.4 Å². The number of nitrogens with one attached hydrogen (secondary N) is 1. The maximum atomic E-state index is 11.8. The third kappa shape index (κ3) is 3.71. The molecule has 1 aromatic heterocycles. The monoisotopic (exact) mass is 336 g/mol. The van der Waals surface area contributed by atoms with Crippen LogP contribution in [0.25, 0.3) is 0 Å². The Labute approximate surface area is 124 Å². The van der Waals surface area contributed by atoms with E-state index in [1.165, 1.54) is 12.1 Å². The van der Waals surface area contributed by atoms with E-state index in [4.69, 9.17) is 0 Å². The standard InChI is InChI=1S/C14H13BrN2O3/c15-10-2-3-11(17-8-10)14(20)16-6-5-9-1-4-12(18)13(19)7-9/h1-4,7-8,18-19H,5-6H2,(H,16,20). The summed E-state index contributed by atoms with van der Waals surface area (Å²) >= 11 is 3.25. The molecule has 0 saturated heterocycles. The number of halogens is 1. The highest BCUT2D eigenvalue weighted by atomic mass is 79.9. The van der Waals surface area contributed by atoms with E-state index in [2.05, 4.69) is 26.2 Å². The molecule has 0 spiro atoms. The molecule has 0 radical (unpaired) electrons. The molecule has 0 bridgehead atoms. The SMILES string of the molecule is O=C(NCCc1ccc(O)c(O)c1)c1ccc(Br)cn1. The van der Waals surface area contributed by atoms with Gasteiger partial charge >= 0.3 is 0 Å². The third-order valence-corrected chi connectivity index (χ3v) is 3.17. The number of phenols is 2. The zero-order chi connectivity index (χ0) is 14.5. The highest BCUT2D eigenvalue weighted by Crippen LogP contribution is 2.24. The van der Waals surface area contributed by atoms with Crippen molar-refractivity contribution in [2.45, 2.75) is 6.42 Å². The van der Waals surface area contributed by atoms with Crippen molar-refractivity contribution >= 4 is 21.8 Å². The maximum absolute atomic E-state index is 11.8. The fraction of sp³-hybridized carbons (Fsp3) is 0.143. The van der Waals surface area contributed by atoms with Crippen LogP contribution in [0.4, 0.5) is 0 Å². The summed E-state index contributed by atoms with van der Waals surface area (Å²) in [5.74, 6) is -0.569. The fourth-order valence-electron chi connectivity index (χ4n) is 1.65. The summed E-state index contributed by atoms with van der Waals surface area (Å²) in [7, 11) is 0. The van der Waals surface area contributed by atoms with Crippen LogP contribution < -0.4 is 5.32 Å². The predicted molar refractivity (Wildman–Crippen MR) is 77.7 cm³/mol. The summed E-state index contributed by atoms with van der Waals surface area (Å²) in [4.78, 5) is 15.8. The Morgan fingerprint density at radius 3 is 2.65 bits per heavy atom. The normalized spacial score (nSPS) is 10.2. The summed E-state index contributed by atoms with van der Waals surface area (Å²) < 4.78 is 0.814. The molecule has 1 amide bonds. The number of aromatic hydroxyl groups is 2. The number of amides is 1. The van der Waals surface area contributed by atoms with Crippen LogP contribution in [0.3, 0.4) is 0 Å². The number of carbonyl (C=O) groups excluding carboxylic acids is 1. The molecular formula is C14H13BrN2O3. The Hall–Kier alpha value is -2.08. The summed E-state index contributed by atoms with van der Waals surface area (Å²) in [6.07, 6.45) is 2.11. The van der Waals surface area contributed by atoms with Gasteiger partial charge in [0.05, 0.1) is 0 Å². The molecule has 3 N–H and O–H groups in total. The van der Waals surface area contributed by atoms with Crippen molar-refractivity contribution < 1.29 is 15.0 Å². The van der Waals surface area contributed by atoms with E-state index in [0.717, 1.165) is 10.0 Å². The molecule has 2 rings (SSSR count). The average Bonchev–Trinajstić information content (AvgIpc) is 2.43. The first-order valence-corrected chi connectivity index (χ1v) is 6.76. The van der Waals surface area contributed by atoms with Crippen LogP contribution in [0.5, 0.6) is 11.5 Å². The molecule has 5 nitrogen and oxygen atoms in total. The Balaban J connectivity index is 1.87. The lowest BCUT2D eigenvalue weighted by Crippen LogP contribution is -2.26. The van der Waals surface area contributed by atoms with Gasteiger partial charge in [-0.25, -0.2) is 4.98 Å². The largest absolute Gasteiger partial charge is 0.504 e. The second kappa shape index (κ2) is 6.38. The smallest absolute Gasteiger partial charge is 0.269 e. The van der Waals surface area contributed by atoms with Gasteiger partial charge in [-0.15, -0.1) is 0 Å². The molecule has 20 heavy (non-hydrogen) atoms. The minimum absolute atomic E-state index is 0.156. The highest BCUT2D eigenvalue weighted by Gasteiger charge is 2.06. The van der Waals surface area contributed by atoms with Gasteiger partial charge in [0.2, 0.25) is 0 Å². The highest BCUT2D eigenvalue weighted by molar-refractivity contribution is 9.10. The number of rotatable bonds is 4. The Bertz CT molecular complexity index is 614. The summed E-state index contributed by atoms with van der Waals surface area (Å²) in [5.41, 5.74) is 1.17. The zero-order valence-corrected chi connectivity index (χ0v) is 12.1. The molecule has 0 atom stereocenters. The predicted octanol–water partition coefficient (Wildman–Crippen LogP) is 2.23. The fourth-order valence-corrected chi connectivity index (χ4v) is 1.88. The number of hydrogen-bond donors (Lipinski definition) is 3. The van der Waals surface area contributed by atoms with E-state index in [0.29, 0.717) is 18.7 Å². The van der Waals surface area contributed by atoms with Crippen LogP contribution in [-0.2, 0) is 6.42 Å². The molecule has 1 aromatic carbocycles. The van der Waals surface area contributed by atoms with Crippen molar-refractivity contribution in [3.63, 3.8) is 0 Å². The van der Waals surface area contributed by atoms with E-state index in [-0.39, 0.29) is 17.4 Å².